The van der Waals surface area contributed by atoms with Crippen LogP contribution in [0.2, 0.25) is 0 Å². The monoisotopic (exact) mass is 201 g/mol. The van der Waals surface area contributed by atoms with E-state index in [1.165, 1.54) is 38.5 Å². The van der Waals surface area contributed by atoms with Crippen molar-refractivity contribution in [3.05, 3.63) is 0 Å². The maximum absolute atomic E-state index is 5.62. The summed E-state index contributed by atoms with van der Waals surface area (Å²) in [6.07, 6.45) is 8.96. The van der Waals surface area contributed by atoms with Gasteiger partial charge in [0, 0.05) is 5.92 Å². The maximum atomic E-state index is 5.62. The molecule has 2 N–H and O–H groups in total. The van der Waals surface area contributed by atoms with Gasteiger partial charge in [-0.2, -0.15) is 0 Å². The van der Waals surface area contributed by atoms with E-state index in [1.54, 1.807) is 0 Å². The summed E-state index contributed by atoms with van der Waals surface area (Å²) in [5.74, 6) is 0.483. The Morgan fingerprint density at radius 3 is 2.23 bits per heavy atom. The van der Waals surface area contributed by atoms with Crippen molar-refractivity contribution in [1.82, 2.24) is 0 Å². The highest BCUT2D eigenvalue weighted by Gasteiger charge is 2.07. The summed E-state index contributed by atoms with van der Waals surface area (Å²) >= 11 is 4.99. The van der Waals surface area contributed by atoms with Crippen LogP contribution in [-0.2, 0) is 0 Å². The Labute approximate surface area is 88.1 Å². The molecule has 0 aromatic heterocycles. The summed E-state index contributed by atoms with van der Waals surface area (Å²) in [5.41, 5.74) is 5.62. The van der Waals surface area contributed by atoms with Gasteiger partial charge in [-0.1, -0.05) is 58.2 Å². The number of hydrogen-bond acceptors (Lipinski definition) is 1. The van der Waals surface area contributed by atoms with E-state index < -0.39 is 0 Å². The molecule has 0 radical (unpaired) electrons. The zero-order valence-electron chi connectivity index (χ0n) is 9.01. The quantitative estimate of drug-likeness (QED) is 0.479. The minimum atomic E-state index is 0.483. The molecule has 0 amide bonds. The molecule has 0 spiro atoms. The van der Waals surface area contributed by atoms with Crippen LogP contribution in [0.25, 0.3) is 0 Å². The van der Waals surface area contributed by atoms with Crippen LogP contribution in [0.1, 0.15) is 58.8 Å². The molecule has 78 valence electrons. The number of rotatable bonds is 8. The first-order valence-electron chi connectivity index (χ1n) is 5.51. The van der Waals surface area contributed by atoms with Gasteiger partial charge < -0.3 is 5.73 Å². The molecular formula is C11H23NS. The van der Waals surface area contributed by atoms with Gasteiger partial charge in [0.2, 0.25) is 0 Å². The molecule has 13 heavy (non-hydrogen) atoms. The highest BCUT2D eigenvalue weighted by atomic mass is 32.1. The third-order valence-corrected chi connectivity index (χ3v) is 2.88. The molecule has 0 fully saturated rings. The van der Waals surface area contributed by atoms with Crippen LogP contribution >= 0.6 is 12.2 Å². The molecule has 1 unspecified atom stereocenters. The largest absolute Gasteiger partial charge is 0.393 e. The molecule has 0 aliphatic heterocycles. The second-order valence-corrected chi connectivity index (χ2v) is 4.18. The summed E-state index contributed by atoms with van der Waals surface area (Å²) in [5, 5.41) is 0. The highest BCUT2D eigenvalue weighted by Crippen LogP contribution is 2.14. The lowest BCUT2D eigenvalue weighted by Crippen LogP contribution is -2.20. The molecule has 2 heteroatoms. The summed E-state index contributed by atoms with van der Waals surface area (Å²) in [6.45, 7) is 4.40. The minimum absolute atomic E-state index is 0.483. The lowest BCUT2D eigenvalue weighted by atomic mass is 9.98. The SMILES string of the molecule is CCCCCCCC(CC)C(N)=S. The van der Waals surface area contributed by atoms with Gasteiger partial charge in [-0.05, 0) is 12.8 Å². The van der Waals surface area contributed by atoms with E-state index in [9.17, 15) is 0 Å². The molecule has 1 nitrogen and oxygen atoms in total. The smallest absolute Gasteiger partial charge is 0.0758 e. The maximum Gasteiger partial charge on any atom is 0.0758 e. The third-order valence-electron chi connectivity index (χ3n) is 2.55. The van der Waals surface area contributed by atoms with Crippen molar-refractivity contribution in [2.75, 3.05) is 0 Å². The average molecular weight is 201 g/mol. The highest BCUT2D eigenvalue weighted by molar-refractivity contribution is 7.80. The minimum Gasteiger partial charge on any atom is -0.393 e. The fraction of sp³-hybridized carbons (Fsp3) is 0.909. The van der Waals surface area contributed by atoms with E-state index in [4.69, 9.17) is 18.0 Å². The number of thiocarbonyl (C=S) groups is 1. The first-order chi connectivity index (χ1) is 6.22. The first kappa shape index (κ1) is 12.9. The third kappa shape index (κ3) is 7.00. The van der Waals surface area contributed by atoms with Gasteiger partial charge in [0.25, 0.3) is 0 Å². The molecule has 0 saturated carbocycles. The number of unbranched alkanes of at least 4 members (excludes halogenated alkanes) is 4. The molecule has 0 rings (SSSR count). The van der Waals surface area contributed by atoms with Crippen LogP contribution in [-0.4, -0.2) is 4.99 Å². The zero-order chi connectivity index (χ0) is 10.1. The fourth-order valence-electron chi connectivity index (χ4n) is 1.54. The van der Waals surface area contributed by atoms with E-state index in [0.717, 1.165) is 6.42 Å². The Bertz CT molecular complexity index is 134. The molecule has 0 heterocycles. The molecular weight excluding hydrogens is 178 g/mol. The van der Waals surface area contributed by atoms with Crippen molar-refractivity contribution in [3.63, 3.8) is 0 Å². The fourth-order valence-corrected chi connectivity index (χ4v) is 1.83. The molecule has 0 aliphatic carbocycles. The van der Waals surface area contributed by atoms with Gasteiger partial charge in [0.1, 0.15) is 0 Å². The summed E-state index contributed by atoms with van der Waals surface area (Å²) in [6, 6.07) is 0. The van der Waals surface area contributed by atoms with E-state index in [1.807, 2.05) is 0 Å². The molecule has 0 bridgehead atoms. The predicted octanol–water partition coefficient (Wildman–Crippen LogP) is 3.66. The molecule has 0 aliphatic rings. The lowest BCUT2D eigenvalue weighted by molar-refractivity contribution is 0.534. The van der Waals surface area contributed by atoms with Crippen molar-refractivity contribution in [3.8, 4) is 0 Å². The second-order valence-electron chi connectivity index (χ2n) is 3.71. The van der Waals surface area contributed by atoms with Crippen molar-refractivity contribution in [2.24, 2.45) is 11.7 Å². The Morgan fingerprint density at radius 2 is 1.77 bits per heavy atom. The first-order valence-corrected chi connectivity index (χ1v) is 5.92. The van der Waals surface area contributed by atoms with Gasteiger partial charge in [-0.25, -0.2) is 0 Å². The number of nitrogens with two attached hydrogens (primary N) is 1. The predicted molar refractivity (Wildman–Crippen MR) is 63.9 cm³/mol. The Morgan fingerprint density at radius 1 is 1.15 bits per heavy atom. The van der Waals surface area contributed by atoms with Crippen LogP contribution in [0.3, 0.4) is 0 Å². The van der Waals surface area contributed by atoms with E-state index in [0.29, 0.717) is 10.9 Å². The lowest BCUT2D eigenvalue weighted by Gasteiger charge is -2.12. The summed E-state index contributed by atoms with van der Waals surface area (Å²) in [4.78, 5) is 0.706. The Hall–Kier alpha value is -0.110. The summed E-state index contributed by atoms with van der Waals surface area (Å²) < 4.78 is 0. The molecule has 0 aromatic rings. The van der Waals surface area contributed by atoms with Crippen molar-refractivity contribution < 1.29 is 0 Å². The van der Waals surface area contributed by atoms with Crippen LogP contribution in [0.5, 0.6) is 0 Å². The van der Waals surface area contributed by atoms with E-state index in [-0.39, 0.29) is 0 Å². The van der Waals surface area contributed by atoms with Gasteiger partial charge >= 0.3 is 0 Å². The van der Waals surface area contributed by atoms with Gasteiger partial charge in [-0.15, -0.1) is 0 Å². The van der Waals surface area contributed by atoms with Crippen LogP contribution in [0.15, 0.2) is 0 Å². The van der Waals surface area contributed by atoms with Crippen molar-refractivity contribution in [2.45, 2.75) is 58.8 Å². The van der Waals surface area contributed by atoms with Gasteiger partial charge in [0.05, 0.1) is 4.99 Å². The normalized spacial score (nSPS) is 12.8. The van der Waals surface area contributed by atoms with Crippen LogP contribution in [0.4, 0.5) is 0 Å². The van der Waals surface area contributed by atoms with Crippen LogP contribution < -0.4 is 5.73 Å². The van der Waals surface area contributed by atoms with Crippen LogP contribution in [0, 0.1) is 5.92 Å². The average Bonchev–Trinajstić information content (AvgIpc) is 2.10. The molecule has 0 aromatic carbocycles. The number of hydrogen-bond donors (Lipinski definition) is 1. The van der Waals surface area contributed by atoms with Gasteiger partial charge in [-0.3, -0.25) is 0 Å². The zero-order valence-corrected chi connectivity index (χ0v) is 9.83. The molecule has 0 saturated heterocycles. The standard InChI is InChI=1S/C11H23NS/c1-3-5-6-7-8-9-10(4-2)11(12)13/h10H,3-9H2,1-2H3,(H2,12,13). The topological polar surface area (TPSA) is 26.0 Å². The van der Waals surface area contributed by atoms with Crippen molar-refractivity contribution >= 4 is 17.2 Å². The van der Waals surface area contributed by atoms with E-state index in [2.05, 4.69) is 13.8 Å². The Kier molecular flexibility index (Phi) is 8.41. The van der Waals surface area contributed by atoms with E-state index >= 15 is 0 Å². The Balaban J connectivity index is 3.33. The second kappa shape index (κ2) is 8.49. The van der Waals surface area contributed by atoms with Crippen molar-refractivity contribution in [1.29, 1.82) is 0 Å². The van der Waals surface area contributed by atoms with Gasteiger partial charge in [0.15, 0.2) is 0 Å². The summed E-state index contributed by atoms with van der Waals surface area (Å²) in [7, 11) is 0. The molecule has 1 atom stereocenters.